The third kappa shape index (κ3) is 3.44. The van der Waals surface area contributed by atoms with Gasteiger partial charge in [-0.05, 0) is 38.8 Å². The van der Waals surface area contributed by atoms with Crippen LogP contribution in [0.25, 0.3) is 5.13 Å². The molecule has 3 rings (SSSR count). The number of hydrogen-bond donors (Lipinski definition) is 2. The predicted molar refractivity (Wildman–Crippen MR) is 88.8 cm³/mol. The first-order valence-electron chi connectivity index (χ1n) is 7.71. The minimum Gasteiger partial charge on any atom is -0.354 e. The van der Waals surface area contributed by atoms with Crippen molar-refractivity contribution in [2.75, 3.05) is 6.54 Å². The molecule has 0 spiro atoms. The van der Waals surface area contributed by atoms with Crippen molar-refractivity contribution < 1.29 is 9.59 Å². The van der Waals surface area contributed by atoms with E-state index in [1.54, 1.807) is 0 Å². The lowest BCUT2D eigenvalue weighted by atomic mass is 10.1. The maximum atomic E-state index is 12.1. The van der Waals surface area contributed by atoms with Crippen LogP contribution in [-0.2, 0) is 16.0 Å². The smallest absolute Gasteiger partial charge is 0.242 e. The summed E-state index contributed by atoms with van der Waals surface area (Å²) in [5.41, 5.74) is 2.96. The summed E-state index contributed by atoms with van der Waals surface area (Å²) >= 11 is 1.52. The van der Waals surface area contributed by atoms with Crippen LogP contribution in [0.15, 0.2) is 17.5 Å². The van der Waals surface area contributed by atoms with Gasteiger partial charge in [0.05, 0.1) is 12.1 Å². The summed E-state index contributed by atoms with van der Waals surface area (Å²) in [5, 5.41) is 8.32. The van der Waals surface area contributed by atoms with Crippen molar-refractivity contribution in [2.45, 2.75) is 39.2 Å². The Hall–Kier alpha value is -2.15. The number of amides is 2. The number of rotatable bonds is 4. The monoisotopic (exact) mass is 332 g/mol. The van der Waals surface area contributed by atoms with Gasteiger partial charge < -0.3 is 10.6 Å². The Bertz CT molecular complexity index is 715. The van der Waals surface area contributed by atoms with E-state index in [1.807, 2.05) is 31.4 Å². The maximum absolute atomic E-state index is 12.1. The molecule has 2 aromatic rings. The van der Waals surface area contributed by atoms with Crippen LogP contribution < -0.4 is 10.6 Å². The highest BCUT2D eigenvalue weighted by molar-refractivity contribution is 7.12. The van der Waals surface area contributed by atoms with Gasteiger partial charge in [-0.15, -0.1) is 11.3 Å². The van der Waals surface area contributed by atoms with Gasteiger partial charge in [-0.25, -0.2) is 4.98 Å². The number of nitrogens with one attached hydrogen (secondary N) is 2. The fourth-order valence-corrected chi connectivity index (χ4v) is 3.71. The fourth-order valence-electron chi connectivity index (χ4n) is 2.77. The minimum atomic E-state index is -0.414. The molecule has 0 aromatic carbocycles. The average molecular weight is 332 g/mol. The van der Waals surface area contributed by atoms with Gasteiger partial charge in [-0.1, -0.05) is 0 Å². The van der Waals surface area contributed by atoms with E-state index in [2.05, 4.69) is 20.2 Å². The first-order valence-corrected chi connectivity index (χ1v) is 8.59. The van der Waals surface area contributed by atoms with Gasteiger partial charge in [0.25, 0.3) is 0 Å². The molecule has 1 fully saturated rings. The second-order valence-electron chi connectivity index (χ2n) is 5.80. The summed E-state index contributed by atoms with van der Waals surface area (Å²) in [7, 11) is 0. The van der Waals surface area contributed by atoms with Crippen molar-refractivity contribution in [3.8, 4) is 5.13 Å². The van der Waals surface area contributed by atoms with Crippen LogP contribution in [0.5, 0.6) is 0 Å². The van der Waals surface area contributed by atoms with Crippen molar-refractivity contribution in [3.63, 3.8) is 0 Å². The molecule has 1 saturated heterocycles. The normalized spacial score (nSPS) is 17.8. The van der Waals surface area contributed by atoms with E-state index in [1.165, 1.54) is 11.3 Å². The first-order chi connectivity index (χ1) is 11.0. The number of aryl methyl sites for hydroxylation is 2. The molecule has 2 aromatic heterocycles. The Morgan fingerprint density at radius 2 is 2.17 bits per heavy atom. The van der Waals surface area contributed by atoms with Gasteiger partial charge in [0.1, 0.15) is 6.04 Å². The molecule has 2 amide bonds. The SMILES string of the molecule is Cc1ccc(C)n1-c1nc(CC(=O)N[C@H]2CCCNC2=O)cs1. The van der Waals surface area contributed by atoms with Gasteiger partial charge in [0.2, 0.25) is 11.8 Å². The lowest BCUT2D eigenvalue weighted by Gasteiger charge is -2.22. The Morgan fingerprint density at radius 1 is 1.43 bits per heavy atom. The van der Waals surface area contributed by atoms with Gasteiger partial charge in [0, 0.05) is 23.3 Å². The van der Waals surface area contributed by atoms with Crippen LogP contribution in [0.3, 0.4) is 0 Å². The zero-order chi connectivity index (χ0) is 16.4. The number of carbonyl (C=O) groups is 2. The molecule has 0 radical (unpaired) electrons. The Balaban J connectivity index is 1.65. The summed E-state index contributed by atoms with van der Waals surface area (Å²) in [4.78, 5) is 28.3. The van der Waals surface area contributed by atoms with E-state index >= 15 is 0 Å². The molecule has 7 heteroatoms. The minimum absolute atomic E-state index is 0.0952. The van der Waals surface area contributed by atoms with Crippen molar-refractivity contribution in [1.82, 2.24) is 20.2 Å². The summed E-state index contributed by atoms with van der Waals surface area (Å²) in [6.07, 6.45) is 1.78. The van der Waals surface area contributed by atoms with E-state index in [9.17, 15) is 9.59 Å². The van der Waals surface area contributed by atoms with Crippen molar-refractivity contribution >= 4 is 23.2 Å². The number of nitrogens with zero attached hydrogens (tertiary/aromatic N) is 2. The van der Waals surface area contributed by atoms with E-state index in [-0.39, 0.29) is 18.2 Å². The maximum Gasteiger partial charge on any atom is 0.242 e. The zero-order valence-corrected chi connectivity index (χ0v) is 14.1. The molecule has 0 saturated carbocycles. The molecule has 0 aliphatic carbocycles. The fraction of sp³-hybridized carbons (Fsp3) is 0.438. The molecular weight excluding hydrogens is 312 g/mol. The highest BCUT2D eigenvalue weighted by Crippen LogP contribution is 2.20. The summed E-state index contributed by atoms with van der Waals surface area (Å²) in [6.45, 7) is 4.75. The van der Waals surface area contributed by atoms with E-state index in [0.717, 1.165) is 28.6 Å². The number of hydrogen-bond acceptors (Lipinski definition) is 4. The molecule has 2 N–H and O–H groups in total. The summed E-state index contributed by atoms with van der Waals surface area (Å²) < 4.78 is 2.07. The Morgan fingerprint density at radius 3 is 2.87 bits per heavy atom. The Labute approximate surface area is 138 Å². The van der Waals surface area contributed by atoms with Crippen LogP contribution >= 0.6 is 11.3 Å². The molecule has 0 unspecified atom stereocenters. The quantitative estimate of drug-likeness (QED) is 0.890. The van der Waals surface area contributed by atoms with Crippen molar-refractivity contribution in [1.29, 1.82) is 0 Å². The largest absolute Gasteiger partial charge is 0.354 e. The van der Waals surface area contributed by atoms with E-state index in [4.69, 9.17) is 0 Å². The first kappa shape index (κ1) is 15.7. The topological polar surface area (TPSA) is 76.0 Å². The number of carbonyl (C=O) groups excluding carboxylic acids is 2. The number of aromatic nitrogens is 2. The number of thiazole rings is 1. The molecule has 1 aliphatic rings. The Kier molecular flexibility index (Phi) is 4.47. The van der Waals surface area contributed by atoms with E-state index < -0.39 is 6.04 Å². The standard InChI is InChI=1S/C16H20N4O2S/c1-10-5-6-11(2)20(10)16-18-12(9-23-16)8-14(21)19-13-4-3-7-17-15(13)22/h5-6,9,13H,3-4,7-8H2,1-2H3,(H,17,22)(H,19,21)/t13-/m0/s1. The van der Waals surface area contributed by atoms with Gasteiger partial charge in [0.15, 0.2) is 5.13 Å². The summed E-state index contributed by atoms with van der Waals surface area (Å²) in [5.74, 6) is -0.257. The molecular formula is C16H20N4O2S. The van der Waals surface area contributed by atoms with E-state index in [0.29, 0.717) is 13.0 Å². The third-order valence-electron chi connectivity index (χ3n) is 3.96. The van der Waals surface area contributed by atoms with Gasteiger partial charge in [-0.3, -0.25) is 14.2 Å². The molecule has 23 heavy (non-hydrogen) atoms. The van der Waals surface area contributed by atoms with Crippen LogP contribution in [0.1, 0.15) is 29.9 Å². The third-order valence-corrected chi connectivity index (χ3v) is 4.84. The van der Waals surface area contributed by atoms with Crippen molar-refractivity contribution in [2.24, 2.45) is 0 Å². The lowest BCUT2D eigenvalue weighted by Crippen LogP contribution is -2.50. The predicted octanol–water partition coefficient (Wildman–Crippen LogP) is 1.49. The molecule has 6 nitrogen and oxygen atoms in total. The summed E-state index contributed by atoms with van der Waals surface area (Å²) in [6, 6.07) is 3.68. The van der Waals surface area contributed by atoms with Gasteiger partial charge in [-0.2, -0.15) is 0 Å². The highest BCUT2D eigenvalue weighted by atomic mass is 32.1. The lowest BCUT2D eigenvalue weighted by molar-refractivity contribution is -0.129. The van der Waals surface area contributed by atoms with Gasteiger partial charge >= 0.3 is 0 Å². The van der Waals surface area contributed by atoms with Crippen LogP contribution in [0.2, 0.25) is 0 Å². The second-order valence-corrected chi connectivity index (χ2v) is 6.64. The molecule has 0 bridgehead atoms. The highest BCUT2D eigenvalue weighted by Gasteiger charge is 2.23. The van der Waals surface area contributed by atoms with Crippen LogP contribution in [0, 0.1) is 13.8 Å². The molecule has 122 valence electrons. The average Bonchev–Trinajstić information content (AvgIpc) is 3.08. The molecule has 1 atom stereocenters. The van der Waals surface area contributed by atoms with Crippen molar-refractivity contribution in [3.05, 3.63) is 34.6 Å². The zero-order valence-electron chi connectivity index (χ0n) is 13.3. The van der Waals surface area contributed by atoms with Crippen LogP contribution in [0.4, 0.5) is 0 Å². The second kappa shape index (κ2) is 6.54. The number of piperidine rings is 1. The van der Waals surface area contributed by atoms with Crippen LogP contribution in [-0.4, -0.2) is 34.0 Å². The molecule has 1 aliphatic heterocycles. The molecule has 3 heterocycles.